The predicted molar refractivity (Wildman–Crippen MR) is 106 cm³/mol. The van der Waals surface area contributed by atoms with Gasteiger partial charge in [-0.05, 0) is 43.9 Å². The van der Waals surface area contributed by atoms with E-state index in [1.54, 1.807) is 18.3 Å². The second-order valence-corrected chi connectivity index (χ2v) is 7.19. The van der Waals surface area contributed by atoms with Crippen molar-refractivity contribution in [2.75, 3.05) is 13.1 Å². The lowest BCUT2D eigenvalue weighted by atomic mass is 10.2. The molecule has 1 aliphatic heterocycles. The van der Waals surface area contributed by atoms with Crippen LogP contribution in [-0.4, -0.2) is 33.7 Å². The number of para-hydroxylation sites is 1. The zero-order valence-corrected chi connectivity index (χ0v) is 15.7. The summed E-state index contributed by atoms with van der Waals surface area (Å²) in [6.45, 7) is 2.88. The molecule has 7 nitrogen and oxygen atoms in total. The number of likely N-dealkylation sites (tertiary alicyclic amines) is 1. The quantitative estimate of drug-likeness (QED) is 0.684. The van der Waals surface area contributed by atoms with Crippen molar-refractivity contribution in [3.8, 4) is 5.88 Å². The monoisotopic (exact) mass is 378 g/mol. The van der Waals surface area contributed by atoms with Crippen molar-refractivity contribution >= 4 is 22.5 Å². The molecule has 2 aromatic heterocycles. The zero-order valence-electron chi connectivity index (χ0n) is 15.7. The lowest BCUT2D eigenvalue weighted by Crippen LogP contribution is -3.11. The van der Waals surface area contributed by atoms with Crippen molar-refractivity contribution in [2.24, 2.45) is 10.2 Å². The molecule has 0 spiro atoms. The molecule has 0 unspecified atom stereocenters. The minimum absolute atomic E-state index is 0.0562. The Morgan fingerprint density at radius 3 is 2.64 bits per heavy atom. The average Bonchev–Trinajstić information content (AvgIpc) is 2.89. The smallest absolute Gasteiger partial charge is 0.296 e. The van der Waals surface area contributed by atoms with Crippen LogP contribution < -0.4 is 4.90 Å². The van der Waals surface area contributed by atoms with Gasteiger partial charge in [0.1, 0.15) is 0 Å². The second-order valence-electron chi connectivity index (χ2n) is 7.19. The standard InChI is InChI=1S/C21H23N5O2/c27-20(16-8-7-11-22-14-16)24-23-19-17-9-3-4-10-18(17)26(21(19)28)15-25-12-5-1-2-6-13-25/h3-4,7-11,14,28H,1-2,5-6,12-13,15H2/p+1. The third-order valence-electron chi connectivity index (χ3n) is 5.26. The van der Waals surface area contributed by atoms with Crippen LogP contribution in [-0.2, 0) is 6.67 Å². The van der Waals surface area contributed by atoms with Crippen molar-refractivity contribution in [2.45, 2.75) is 32.4 Å². The Labute approximate surface area is 163 Å². The number of carbonyl (C=O) groups excluding carboxylic acids is 1. The SMILES string of the molecule is O=C(N=Nc1c(O)n(C[NH+]2CCCCCC2)c2ccccc12)c1cccnc1. The fourth-order valence-electron chi connectivity index (χ4n) is 3.78. The summed E-state index contributed by atoms with van der Waals surface area (Å²) in [5.41, 5.74) is 1.60. The number of azo groups is 1. The van der Waals surface area contributed by atoms with Crippen LogP contribution in [0.5, 0.6) is 5.88 Å². The molecule has 2 N–H and O–H groups in total. The lowest BCUT2D eigenvalue weighted by Gasteiger charge is -2.18. The number of quaternary nitrogens is 1. The molecule has 0 radical (unpaired) electrons. The molecule has 144 valence electrons. The summed E-state index contributed by atoms with van der Waals surface area (Å²) in [5, 5.41) is 19.6. The van der Waals surface area contributed by atoms with Gasteiger partial charge >= 0.3 is 0 Å². The summed E-state index contributed by atoms with van der Waals surface area (Å²) in [4.78, 5) is 17.6. The maximum Gasteiger partial charge on any atom is 0.296 e. The zero-order chi connectivity index (χ0) is 19.3. The van der Waals surface area contributed by atoms with Crippen LogP contribution >= 0.6 is 0 Å². The number of nitrogens with one attached hydrogen (secondary N) is 1. The van der Waals surface area contributed by atoms with Gasteiger partial charge in [0.25, 0.3) is 5.91 Å². The van der Waals surface area contributed by atoms with Gasteiger partial charge in [-0.15, -0.1) is 10.2 Å². The van der Waals surface area contributed by atoms with E-state index in [-0.39, 0.29) is 5.88 Å². The number of carbonyl (C=O) groups is 1. The molecule has 28 heavy (non-hydrogen) atoms. The first-order chi connectivity index (χ1) is 13.7. The van der Waals surface area contributed by atoms with Gasteiger partial charge < -0.3 is 10.0 Å². The van der Waals surface area contributed by atoms with E-state index in [1.807, 2.05) is 28.8 Å². The molecule has 1 saturated heterocycles. The molecule has 0 aliphatic carbocycles. The predicted octanol–water partition coefficient (Wildman–Crippen LogP) is 3.08. The van der Waals surface area contributed by atoms with E-state index in [4.69, 9.17) is 0 Å². The van der Waals surface area contributed by atoms with Crippen LogP contribution in [0.1, 0.15) is 36.0 Å². The van der Waals surface area contributed by atoms with E-state index >= 15 is 0 Å². The van der Waals surface area contributed by atoms with Gasteiger partial charge in [0.05, 0.1) is 24.2 Å². The normalized spacial score (nSPS) is 15.9. The van der Waals surface area contributed by atoms with Gasteiger partial charge in [0, 0.05) is 17.8 Å². The maximum atomic E-state index is 12.2. The number of aromatic nitrogens is 2. The molecule has 3 aromatic rings. The molecule has 1 fully saturated rings. The van der Waals surface area contributed by atoms with E-state index < -0.39 is 5.91 Å². The molecular formula is C21H24N5O2+. The van der Waals surface area contributed by atoms with Gasteiger partial charge in [-0.25, -0.2) is 0 Å². The molecule has 3 heterocycles. The van der Waals surface area contributed by atoms with Crippen molar-refractivity contribution in [3.05, 3.63) is 54.4 Å². The summed E-state index contributed by atoms with van der Waals surface area (Å²) < 4.78 is 1.89. The Kier molecular flexibility index (Phi) is 5.43. The van der Waals surface area contributed by atoms with Gasteiger partial charge in [0.15, 0.2) is 12.4 Å². The van der Waals surface area contributed by atoms with E-state index in [0.717, 1.165) is 24.0 Å². The summed E-state index contributed by atoms with van der Waals surface area (Å²) in [5.74, 6) is -0.428. The van der Waals surface area contributed by atoms with Crippen LogP contribution in [0.4, 0.5) is 5.69 Å². The lowest BCUT2D eigenvalue weighted by molar-refractivity contribution is -0.921. The molecule has 0 atom stereocenters. The number of benzene rings is 1. The Morgan fingerprint density at radius 1 is 1.11 bits per heavy atom. The highest BCUT2D eigenvalue weighted by Gasteiger charge is 2.21. The minimum atomic E-state index is -0.484. The average molecular weight is 378 g/mol. The maximum absolute atomic E-state index is 12.2. The Bertz CT molecular complexity index is 989. The van der Waals surface area contributed by atoms with Crippen LogP contribution in [0.3, 0.4) is 0 Å². The number of fused-ring (bicyclic) bond motifs is 1. The highest BCUT2D eigenvalue weighted by molar-refractivity contribution is 5.97. The van der Waals surface area contributed by atoms with Gasteiger partial charge in [-0.3, -0.25) is 14.3 Å². The number of amides is 1. The van der Waals surface area contributed by atoms with E-state index in [2.05, 4.69) is 15.2 Å². The summed E-state index contributed by atoms with van der Waals surface area (Å²) in [6.07, 6.45) is 8.02. The highest BCUT2D eigenvalue weighted by atomic mass is 16.3. The summed E-state index contributed by atoms with van der Waals surface area (Å²) in [6, 6.07) is 11.0. The molecule has 1 amide bonds. The topological polar surface area (TPSA) is 84.3 Å². The Hall–Kier alpha value is -3.06. The molecular weight excluding hydrogens is 354 g/mol. The molecule has 1 aliphatic rings. The molecule has 0 bridgehead atoms. The molecule has 1 aromatic carbocycles. The third-order valence-corrected chi connectivity index (χ3v) is 5.26. The van der Waals surface area contributed by atoms with Crippen molar-refractivity contribution in [1.29, 1.82) is 0 Å². The van der Waals surface area contributed by atoms with Crippen LogP contribution in [0.15, 0.2) is 59.0 Å². The summed E-state index contributed by atoms with van der Waals surface area (Å²) >= 11 is 0. The second kappa shape index (κ2) is 8.31. The number of hydrogen-bond acceptors (Lipinski definition) is 4. The number of aromatic hydroxyl groups is 1. The highest BCUT2D eigenvalue weighted by Crippen LogP contribution is 2.38. The van der Waals surface area contributed by atoms with Crippen LogP contribution in [0, 0.1) is 0 Å². The number of pyridine rings is 1. The molecule has 0 saturated carbocycles. The fraction of sp³-hybridized carbons (Fsp3) is 0.333. The molecule has 7 heteroatoms. The van der Waals surface area contributed by atoms with Crippen molar-refractivity contribution < 1.29 is 14.8 Å². The van der Waals surface area contributed by atoms with Crippen LogP contribution in [0.25, 0.3) is 10.9 Å². The first-order valence-electron chi connectivity index (χ1n) is 9.74. The van der Waals surface area contributed by atoms with Gasteiger partial charge in [0.2, 0.25) is 5.88 Å². The Balaban J connectivity index is 1.66. The van der Waals surface area contributed by atoms with Crippen molar-refractivity contribution in [1.82, 2.24) is 9.55 Å². The third kappa shape index (κ3) is 3.80. The minimum Gasteiger partial charge on any atom is -0.493 e. The first-order valence-corrected chi connectivity index (χ1v) is 9.74. The number of rotatable bonds is 4. The van der Waals surface area contributed by atoms with Gasteiger partial charge in [-0.1, -0.05) is 18.2 Å². The van der Waals surface area contributed by atoms with E-state index in [1.165, 1.54) is 36.8 Å². The van der Waals surface area contributed by atoms with Crippen molar-refractivity contribution in [3.63, 3.8) is 0 Å². The summed E-state index contributed by atoms with van der Waals surface area (Å²) in [7, 11) is 0. The number of hydrogen-bond donors (Lipinski definition) is 2. The number of nitrogens with zero attached hydrogens (tertiary/aromatic N) is 4. The van der Waals surface area contributed by atoms with E-state index in [0.29, 0.717) is 17.9 Å². The largest absolute Gasteiger partial charge is 0.493 e. The Morgan fingerprint density at radius 2 is 1.89 bits per heavy atom. The van der Waals surface area contributed by atoms with E-state index in [9.17, 15) is 9.90 Å². The molecule has 4 rings (SSSR count). The first kappa shape index (κ1) is 18.3. The van der Waals surface area contributed by atoms with Gasteiger partial charge in [-0.2, -0.15) is 0 Å². The fourth-order valence-corrected chi connectivity index (χ4v) is 3.78. The van der Waals surface area contributed by atoms with Crippen LogP contribution in [0.2, 0.25) is 0 Å².